The number of hydrogen-bond acceptors (Lipinski definition) is 2. The predicted octanol–water partition coefficient (Wildman–Crippen LogP) is 14.1. The van der Waals surface area contributed by atoms with Crippen molar-refractivity contribution in [1.82, 2.24) is 14.1 Å². The van der Waals surface area contributed by atoms with Gasteiger partial charge >= 0.3 is 0 Å². The number of rotatable bonds is 9. The maximum absolute atomic E-state index is 6.99. The molecule has 9 aromatic rings. The van der Waals surface area contributed by atoms with Gasteiger partial charge < -0.3 is 4.74 Å². The summed E-state index contributed by atoms with van der Waals surface area (Å²) in [4.78, 5) is 4.99. The zero-order valence-electron chi connectivity index (χ0n) is 38.4. The van der Waals surface area contributed by atoms with Gasteiger partial charge in [0, 0.05) is 46.3 Å². The maximum atomic E-state index is 6.99. The summed E-state index contributed by atoms with van der Waals surface area (Å²) in [6.45, 7) is 22.6. The Bertz CT molecular complexity index is 3080. The Balaban J connectivity index is 1.17. The van der Waals surface area contributed by atoms with E-state index in [0.717, 1.165) is 50.7 Å². The number of imidazole rings is 1. The second kappa shape index (κ2) is 15.6. The van der Waals surface area contributed by atoms with Crippen LogP contribution in [-0.4, -0.2) is 14.1 Å². The minimum Gasteiger partial charge on any atom is -0.458 e. The van der Waals surface area contributed by atoms with Gasteiger partial charge in [0.25, 0.3) is 6.33 Å². The van der Waals surface area contributed by atoms with E-state index in [-0.39, 0.29) is 21.7 Å². The number of aromatic nitrogens is 4. The molecule has 3 heterocycles. The van der Waals surface area contributed by atoms with Crippen LogP contribution in [0.15, 0.2) is 170 Å². The van der Waals surface area contributed by atoms with Crippen LogP contribution in [0, 0.1) is 6.33 Å². The molecule has 0 amide bonds. The molecule has 0 radical (unpaired) electrons. The van der Waals surface area contributed by atoms with Crippen molar-refractivity contribution < 1.29 is 9.30 Å². The molecule has 0 bridgehead atoms. The highest BCUT2D eigenvalue weighted by molar-refractivity contribution is 6.09. The molecule has 0 fully saturated rings. The normalized spacial score (nSPS) is 12.6. The number of fused-ring (bicyclic) bond motifs is 3. The average Bonchev–Trinajstić information content (AvgIpc) is 3.90. The molecule has 0 aliphatic heterocycles. The van der Waals surface area contributed by atoms with Gasteiger partial charge in [0.1, 0.15) is 17.3 Å². The summed E-state index contributed by atoms with van der Waals surface area (Å²) in [5, 5.41) is 2.33. The van der Waals surface area contributed by atoms with Crippen LogP contribution < -0.4 is 9.30 Å². The lowest BCUT2D eigenvalue weighted by Crippen LogP contribution is -2.28. The molecular formula is C58H58N4O. The second-order valence-corrected chi connectivity index (χ2v) is 20.1. The molecule has 63 heavy (non-hydrogen) atoms. The number of hydrogen-bond donors (Lipinski definition) is 0. The van der Waals surface area contributed by atoms with Crippen molar-refractivity contribution in [2.24, 2.45) is 0 Å². The van der Waals surface area contributed by atoms with Gasteiger partial charge in [-0.25, -0.2) is 4.98 Å². The van der Waals surface area contributed by atoms with Crippen LogP contribution in [-0.2, 0) is 21.7 Å². The lowest BCUT2D eigenvalue weighted by molar-refractivity contribution is -0.599. The molecule has 0 aliphatic carbocycles. The first kappa shape index (κ1) is 41.6. The third kappa shape index (κ3) is 7.97. The quantitative estimate of drug-likeness (QED) is 0.107. The Hall–Kier alpha value is -6.72. The minimum absolute atomic E-state index is 0.0405. The maximum Gasteiger partial charge on any atom is 0.268 e. The van der Waals surface area contributed by atoms with Crippen LogP contribution in [0.25, 0.3) is 39.0 Å². The molecule has 3 aromatic heterocycles. The summed E-state index contributed by atoms with van der Waals surface area (Å²) >= 11 is 0. The monoisotopic (exact) mass is 826 g/mol. The first-order valence-electron chi connectivity index (χ1n) is 22.1. The fourth-order valence-electron chi connectivity index (χ4n) is 8.75. The lowest BCUT2D eigenvalue weighted by Gasteiger charge is -2.27. The molecule has 5 heteroatoms. The molecule has 9 rings (SSSR count). The highest BCUT2D eigenvalue weighted by Gasteiger charge is 2.27. The van der Waals surface area contributed by atoms with E-state index in [4.69, 9.17) is 9.72 Å². The standard InChI is InChI=1S/C58H58N4O/c1-55(2,3)40-21-24-46(25-22-40)60-31-32-61(39-60)47-33-45(58(9,10)42-19-15-12-16-20-42)34-49(37-47)63-48-26-27-50-51-35-44(57(7,8)41-17-13-11-14-18-41)23-28-52(51)62(53(50)38-48)54-36-43(29-30-59-54)56(4,5)6/h11-38H,1-10H3. The van der Waals surface area contributed by atoms with Gasteiger partial charge in [-0.05, 0) is 111 Å². The number of nitrogens with zero attached hydrogens (tertiary/aromatic N) is 4. The second-order valence-electron chi connectivity index (χ2n) is 20.1. The summed E-state index contributed by atoms with van der Waals surface area (Å²) in [6, 6.07) is 54.5. The molecule has 5 nitrogen and oxygen atoms in total. The zero-order chi connectivity index (χ0) is 44.3. The molecule has 0 saturated heterocycles. The molecule has 316 valence electrons. The highest BCUT2D eigenvalue weighted by Crippen LogP contribution is 2.41. The molecule has 0 N–H and O–H groups in total. The topological polar surface area (TPSA) is 35.9 Å². The Kier molecular flexibility index (Phi) is 10.3. The van der Waals surface area contributed by atoms with Gasteiger partial charge in [-0.3, -0.25) is 13.7 Å². The van der Waals surface area contributed by atoms with Crippen molar-refractivity contribution in [2.45, 2.75) is 90.9 Å². The van der Waals surface area contributed by atoms with Gasteiger partial charge in [0.2, 0.25) is 0 Å². The Morgan fingerprint density at radius 1 is 0.492 bits per heavy atom. The number of benzene rings is 6. The van der Waals surface area contributed by atoms with Gasteiger partial charge in [-0.2, -0.15) is 0 Å². The zero-order valence-corrected chi connectivity index (χ0v) is 38.4. The van der Waals surface area contributed by atoms with Gasteiger partial charge in [0.15, 0.2) is 0 Å². The minimum atomic E-state index is -0.313. The third-order valence-corrected chi connectivity index (χ3v) is 13.0. The Morgan fingerprint density at radius 2 is 1.13 bits per heavy atom. The van der Waals surface area contributed by atoms with E-state index in [0.29, 0.717) is 0 Å². The molecular weight excluding hydrogens is 769 g/mol. The van der Waals surface area contributed by atoms with Gasteiger partial charge in [-0.15, -0.1) is 0 Å². The molecule has 0 aliphatic rings. The average molecular weight is 827 g/mol. The van der Waals surface area contributed by atoms with E-state index < -0.39 is 0 Å². The van der Waals surface area contributed by atoms with E-state index in [9.17, 15) is 0 Å². The fraction of sp³-hybridized carbons (Fsp3) is 0.241. The molecule has 0 atom stereocenters. The van der Waals surface area contributed by atoms with Crippen molar-refractivity contribution >= 4 is 21.8 Å². The molecule has 0 unspecified atom stereocenters. The van der Waals surface area contributed by atoms with Crippen molar-refractivity contribution in [1.29, 1.82) is 0 Å². The third-order valence-electron chi connectivity index (χ3n) is 13.0. The Labute approximate surface area is 373 Å². The fourth-order valence-corrected chi connectivity index (χ4v) is 8.75. The first-order valence-corrected chi connectivity index (χ1v) is 22.1. The molecule has 0 spiro atoms. The van der Waals surface area contributed by atoms with Crippen LogP contribution in [0.1, 0.15) is 103 Å². The highest BCUT2D eigenvalue weighted by atomic mass is 16.5. The molecule has 0 saturated carbocycles. The van der Waals surface area contributed by atoms with Crippen LogP contribution in [0.5, 0.6) is 11.5 Å². The van der Waals surface area contributed by atoms with Crippen LogP contribution in [0.3, 0.4) is 0 Å². The van der Waals surface area contributed by atoms with E-state index in [2.05, 4.69) is 249 Å². The van der Waals surface area contributed by atoms with Crippen LogP contribution >= 0.6 is 0 Å². The van der Waals surface area contributed by atoms with Gasteiger partial charge in [0.05, 0.1) is 22.4 Å². The first-order chi connectivity index (χ1) is 30.0. The van der Waals surface area contributed by atoms with E-state index >= 15 is 0 Å². The van der Waals surface area contributed by atoms with Crippen molar-refractivity contribution in [3.63, 3.8) is 0 Å². The van der Waals surface area contributed by atoms with Crippen molar-refractivity contribution in [3.05, 3.63) is 210 Å². The number of pyridine rings is 1. The van der Waals surface area contributed by atoms with Gasteiger partial charge in [-0.1, -0.05) is 148 Å². The van der Waals surface area contributed by atoms with Crippen molar-refractivity contribution in [2.75, 3.05) is 0 Å². The predicted molar refractivity (Wildman–Crippen MR) is 259 cm³/mol. The SMILES string of the molecule is CC(C)(C)c1ccc(-[n+]2[c-]n(-c3cc(Oc4ccc5c6cc(C(C)(C)c7ccccc7)ccc6n(-c6cc(C(C)(C)C)ccn6)c5c4)cc(C(C)(C)c4ccccc4)c3)cc2)cc1. The van der Waals surface area contributed by atoms with Crippen LogP contribution in [0.4, 0.5) is 0 Å². The summed E-state index contributed by atoms with van der Waals surface area (Å²) < 4.78 is 13.4. The smallest absolute Gasteiger partial charge is 0.268 e. The summed E-state index contributed by atoms with van der Waals surface area (Å²) in [5.74, 6) is 2.37. The summed E-state index contributed by atoms with van der Waals surface area (Å²) in [6.07, 6.45) is 9.64. The lowest BCUT2D eigenvalue weighted by atomic mass is 9.78. The summed E-state index contributed by atoms with van der Waals surface area (Å²) in [7, 11) is 0. The largest absolute Gasteiger partial charge is 0.458 e. The number of ether oxygens (including phenoxy) is 1. The Morgan fingerprint density at radius 3 is 1.78 bits per heavy atom. The van der Waals surface area contributed by atoms with Crippen LogP contribution in [0.2, 0.25) is 0 Å². The van der Waals surface area contributed by atoms with E-state index in [1.807, 2.05) is 10.8 Å². The van der Waals surface area contributed by atoms with E-state index in [1.54, 1.807) is 0 Å². The molecule has 6 aromatic carbocycles. The van der Waals surface area contributed by atoms with Crippen molar-refractivity contribution in [3.8, 4) is 28.7 Å². The van der Waals surface area contributed by atoms with E-state index in [1.165, 1.54) is 33.2 Å². The summed E-state index contributed by atoms with van der Waals surface area (Å²) in [5.41, 5.74) is 11.1.